The standard InChI is InChI=1S/C10H6BrF3N2/c11-4-1-2-5(12)8-6(15)3-7(10(13)14)16-9(4)8/h1-3,10H,(H2,15,16). The van der Waals surface area contributed by atoms with Crippen molar-refractivity contribution in [2.45, 2.75) is 6.43 Å². The fraction of sp³-hybridized carbons (Fsp3) is 0.100. The normalized spacial score (nSPS) is 11.3. The predicted octanol–water partition coefficient (Wildman–Crippen LogP) is 3.66. The molecule has 84 valence electrons. The molecule has 2 aromatic rings. The Kier molecular flexibility index (Phi) is 2.75. The number of nitrogen functional groups attached to an aromatic ring is 1. The molecule has 0 amide bonds. The highest BCUT2D eigenvalue weighted by Crippen LogP contribution is 2.31. The van der Waals surface area contributed by atoms with Crippen LogP contribution in [0.3, 0.4) is 0 Å². The Bertz CT molecular complexity index is 557. The van der Waals surface area contributed by atoms with Crippen LogP contribution in [-0.2, 0) is 0 Å². The van der Waals surface area contributed by atoms with Gasteiger partial charge in [0.15, 0.2) is 0 Å². The summed E-state index contributed by atoms with van der Waals surface area (Å²) in [4.78, 5) is 3.68. The van der Waals surface area contributed by atoms with Crippen LogP contribution in [0.25, 0.3) is 10.9 Å². The Balaban J connectivity index is 2.86. The molecule has 16 heavy (non-hydrogen) atoms. The van der Waals surface area contributed by atoms with E-state index in [0.717, 1.165) is 6.07 Å². The molecule has 0 saturated heterocycles. The van der Waals surface area contributed by atoms with Gasteiger partial charge >= 0.3 is 0 Å². The molecule has 2 N–H and O–H groups in total. The molecule has 0 aliphatic heterocycles. The molecule has 0 radical (unpaired) electrons. The Morgan fingerprint density at radius 1 is 1.31 bits per heavy atom. The molecule has 1 aromatic heterocycles. The third kappa shape index (κ3) is 1.73. The first-order chi connectivity index (χ1) is 7.50. The molecule has 0 saturated carbocycles. The first kappa shape index (κ1) is 11.2. The molecular formula is C10H6BrF3N2. The lowest BCUT2D eigenvalue weighted by Crippen LogP contribution is -1.98. The molecule has 0 aliphatic rings. The van der Waals surface area contributed by atoms with Crippen LogP contribution in [0.15, 0.2) is 22.7 Å². The van der Waals surface area contributed by atoms with Crippen molar-refractivity contribution in [2.75, 3.05) is 5.73 Å². The number of halogens is 4. The highest BCUT2D eigenvalue weighted by Gasteiger charge is 2.15. The van der Waals surface area contributed by atoms with Crippen LogP contribution in [0.2, 0.25) is 0 Å². The molecule has 1 aromatic carbocycles. The van der Waals surface area contributed by atoms with Crippen LogP contribution in [0.1, 0.15) is 12.1 Å². The van der Waals surface area contributed by atoms with Gasteiger partial charge in [-0.25, -0.2) is 18.2 Å². The van der Waals surface area contributed by atoms with Crippen LogP contribution >= 0.6 is 15.9 Å². The number of nitrogens with zero attached hydrogens (tertiary/aromatic N) is 1. The fourth-order valence-electron chi connectivity index (χ4n) is 1.43. The average molecular weight is 291 g/mol. The van der Waals surface area contributed by atoms with Gasteiger partial charge in [-0.2, -0.15) is 0 Å². The number of anilines is 1. The van der Waals surface area contributed by atoms with E-state index in [1.54, 1.807) is 0 Å². The second-order valence-electron chi connectivity index (χ2n) is 3.19. The van der Waals surface area contributed by atoms with E-state index in [1.807, 2.05) is 0 Å². The molecule has 2 nitrogen and oxygen atoms in total. The van der Waals surface area contributed by atoms with E-state index >= 15 is 0 Å². The predicted molar refractivity (Wildman–Crippen MR) is 58.8 cm³/mol. The molecule has 6 heteroatoms. The van der Waals surface area contributed by atoms with E-state index < -0.39 is 17.9 Å². The first-order valence-corrected chi connectivity index (χ1v) is 5.12. The third-order valence-electron chi connectivity index (χ3n) is 2.13. The molecule has 1 heterocycles. The van der Waals surface area contributed by atoms with Crippen LogP contribution in [0, 0.1) is 5.82 Å². The summed E-state index contributed by atoms with van der Waals surface area (Å²) >= 11 is 3.12. The van der Waals surface area contributed by atoms with Gasteiger partial charge in [-0.3, -0.25) is 0 Å². The van der Waals surface area contributed by atoms with E-state index in [2.05, 4.69) is 20.9 Å². The number of hydrogen-bond acceptors (Lipinski definition) is 2. The van der Waals surface area contributed by atoms with Crippen LogP contribution < -0.4 is 5.73 Å². The van der Waals surface area contributed by atoms with Gasteiger partial charge in [0.25, 0.3) is 6.43 Å². The number of nitrogens with two attached hydrogens (primary N) is 1. The molecule has 0 aliphatic carbocycles. The lowest BCUT2D eigenvalue weighted by atomic mass is 10.1. The van der Waals surface area contributed by atoms with E-state index in [1.165, 1.54) is 12.1 Å². The van der Waals surface area contributed by atoms with E-state index in [0.29, 0.717) is 4.47 Å². The zero-order valence-electron chi connectivity index (χ0n) is 7.85. The number of fused-ring (bicyclic) bond motifs is 1. The Morgan fingerprint density at radius 2 is 2.00 bits per heavy atom. The van der Waals surface area contributed by atoms with Crippen LogP contribution in [-0.4, -0.2) is 4.98 Å². The third-order valence-corrected chi connectivity index (χ3v) is 2.77. The van der Waals surface area contributed by atoms with Crippen molar-refractivity contribution in [2.24, 2.45) is 0 Å². The van der Waals surface area contributed by atoms with Gasteiger partial charge in [-0.05, 0) is 34.1 Å². The summed E-state index contributed by atoms with van der Waals surface area (Å²) in [5.41, 5.74) is 5.13. The summed E-state index contributed by atoms with van der Waals surface area (Å²) in [6, 6.07) is 3.59. The molecule has 0 spiro atoms. The summed E-state index contributed by atoms with van der Waals surface area (Å²) in [6.07, 6.45) is -2.73. The zero-order chi connectivity index (χ0) is 11.9. The monoisotopic (exact) mass is 290 g/mol. The lowest BCUT2D eigenvalue weighted by molar-refractivity contribution is 0.146. The quantitative estimate of drug-likeness (QED) is 0.871. The largest absolute Gasteiger partial charge is 0.398 e. The number of hydrogen-bond donors (Lipinski definition) is 1. The first-order valence-electron chi connectivity index (χ1n) is 4.33. The fourth-order valence-corrected chi connectivity index (χ4v) is 1.85. The van der Waals surface area contributed by atoms with Gasteiger partial charge < -0.3 is 5.73 Å². The Morgan fingerprint density at radius 3 is 2.62 bits per heavy atom. The maximum Gasteiger partial charge on any atom is 0.280 e. The summed E-state index contributed by atoms with van der Waals surface area (Å²) in [5.74, 6) is -0.580. The second-order valence-corrected chi connectivity index (χ2v) is 4.04. The molecular weight excluding hydrogens is 285 g/mol. The van der Waals surface area contributed by atoms with Crippen LogP contribution in [0.4, 0.5) is 18.9 Å². The lowest BCUT2D eigenvalue weighted by Gasteiger charge is -2.07. The van der Waals surface area contributed by atoms with E-state index in [9.17, 15) is 13.2 Å². The van der Waals surface area contributed by atoms with Gasteiger partial charge in [-0.1, -0.05) is 0 Å². The summed E-state index contributed by atoms with van der Waals surface area (Å²) < 4.78 is 38.8. The Labute approximate surface area is 97.4 Å². The topological polar surface area (TPSA) is 38.9 Å². The molecule has 0 bridgehead atoms. The molecule has 0 fully saturated rings. The minimum Gasteiger partial charge on any atom is -0.398 e. The molecule has 2 rings (SSSR count). The van der Waals surface area contributed by atoms with Crippen molar-refractivity contribution in [3.8, 4) is 0 Å². The number of pyridine rings is 1. The van der Waals surface area contributed by atoms with Crippen molar-refractivity contribution in [1.29, 1.82) is 0 Å². The van der Waals surface area contributed by atoms with Gasteiger partial charge in [-0.15, -0.1) is 0 Å². The van der Waals surface area contributed by atoms with Crippen molar-refractivity contribution < 1.29 is 13.2 Å². The maximum absolute atomic E-state index is 13.4. The van der Waals surface area contributed by atoms with E-state index in [-0.39, 0.29) is 16.6 Å². The Hall–Kier alpha value is -1.30. The summed E-state index contributed by atoms with van der Waals surface area (Å²) in [6.45, 7) is 0. The second kappa shape index (κ2) is 3.93. The molecule has 0 atom stereocenters. The number of benzene rings is 1. The highest BCUT2D eigenvalue weighted by atomic mass is 79.9. The zero-order valence-corrected chi connectivity index (χ0v) is 9.43. The smallest absolute Gasteiger partial charge is 0.280 e. The number of alkyl halides is 2. The van der Waals surface area contributed by atoms with E-state index in [4.69, 9.17) is 5.73 Å². The maximum atomic E-state index is 13.4. The minimum atomic E-state index is -2.73. The van der Waals surface area contributed by atoms with Gasteiger partial charge in [0.05, 0.1) is 10.9 Å². The average Bonchev–Trinajstić information content (AvgIpc) is 2.22. The van der Waals surface area contributed by atoms with Gasteiger partial charge in [0.1, 0.15) is 11.5 Å². The van der Waals surface area contributed by atoms with Gasteiger partial charge in [0.2, 0.25) is 0 Å². The highest BCUT2D eigenvalue weighted by molar-refractivity contribution is 9.10. The van der Waals surface area contributed by atoms with Crippen molar-refractivity contribution in [3.05, 3.63) is 34.2 Å². The van der Waals surface area contributed by atoms with Gasteiger partial charge in [0, 0.05) is 10.2 Å². The number of aromatic nitrogens is 1. The molecule has 0 unspecified atom stereocenters. The van der Waals surface area contributed by atoms with Crippen molar-refractivity contribution in [3.63, 3.8) is 0 Å². The van der Waals surface area contributed by atoms with Crippen molar-refractivity contribution >= 4 is 32.5 Å². The minimum absolute atomic E-state index is 0.0425. The summed E-state index contributed by atoms with van der Waals surface area (Å²) in [7, 11) is 0. The SMILES string of the molecule is Nc1cc(C(F)F)nc2c(Br)ccc(F)c12. The number of rotatable bonds is 1. The summed E-state index contributed by atoms with van der Waals surface area (Å²) in [5, 5.41) is 0.0544. The van der Waals surface area contributed by atoms with Crippen LogP contribution in [0.5, 0.6) is 0 Å². The van der Waals surface area contributed by atoms with Crippen molar-refractivity contribution in [1.82, 2.24) is 4.98 Å².